The molecule has 70 valence electrons. The molecule has 0 heterocycles. The highest BCUT2D eigenvalue weighted by Gasteiger charge is 2.12. The minimum absolute atomic E-state index is 0.159. The Balaban J connectivity index is 3.10. The molecule has 1 rings (SSSR count). The summed E-state index contributed by atoms with van der Waals surface area (Å²) in [6, 6.07) is 4.65. The molecule has 13 heavy (non-hydrogen) atoms. The molecular weight excluding hydrogens is 190 g/mol. The lowest BCUT2D eigenvalue weighted by atomic mass is 10.1. The molecule has 0 atom stereocenters. The van der Waals surface area contributed by atoms with Crippen molar-refractivity contribution in [3.63, 3.8) is 0 Å². The van der Waals surface area contributed by atoms with Gasteiger partial charge in [-0.1, -0.05) is 24.9 Å². The first-order chi connectivity index (χ1) is 6.15. The largest absolute Gasteiger partial charge is 0.272 e. The highest BCUT2D eigenvalue weighted by molar-refractivity contribution is 6.30. The Morgan fingerprint density at radius 3 is 2.77 bits per heavy atom. The third-order valence-electron chi connectivity index (χ3n) is 1.76. The first kappa shape index (κ1) is 9.99. The fourth-order valence-electron chi connectivity index (χ4n) is 1.20. The summed E-state index contributed by atoms with van der Waals surface area (Å²) < 4.78 is 0. The fourth-order valence-corrected chi connectivity index (χ4v) is 1.40. The number of hydrogen-bond acceptors (Lipinski definition) is 2. The predicted octanol–water partition coefficient (Wildman–Crippen LogP) is 3.20. The monoisotopic (exact) mass is 199 g/mol. The smallest absolute Gasteiger partial charge is 0.258 e. The van der Waals surface area contributed by atoms with E-state index in [2.05, 4.69) is 0 Å². The van der Waals surface area contributed by atoms with Gasteiger partial charge in [-0.15, -0.1) is 0 Å². The van der Waals surface area contributed by atoms with E-state index in [1.165, 1.54) is 6.07 Å². The van der Waals surface area contributed by atoms with Crippen LogP contribution in [0.25, 0.3) is 0 Å². The number of benzene rings is 1. The van der Waals surface area contributed by atoms with Crippen LogP contribution in [-0.4, -0.2) is 4.92 Å². The molecule has 0 saturated carbocycles. The Morgan fingerprint density at radius 1 is 1.54 bits per heavy atom. The zero-order chi connectivity index (χ0) is 9.84. The first-order valence-corrected chi connectivity index (χ1v) is 4.45. The van der Waals surface area contributed by atoms with Crippen LogP contribution in [0.2, 0.25) is 5.02 Å². The summed E-state index contributed by atoms with van der Waals surface area (Å²) in [4.78, 5) is 10.2. The van der Waals surface area contributed by atoms with Gasteiger partial charge in [0.25, 0.3) is 5.69 Å². The minimum atomic E-state index is -0.374. The Morgan fingerprint density at radius 2 is 2.23 bits per heavy atom. The van der Waals surface area contributed by atoms with Crippen molar-refractivity contribution in [2.75, 3.05) is 0 Å². The van der Waals surface area contributed by atoms with Gasteiger partial charge in [0.05, 0.1) is 4.92 Å². The Hall–Kier alpha value is -1.09. The van der Waals surface area contributed by atoms with Crippen LogP contribution >= 0.6 is 11.6 Å². The van der Waals surface area contributed by atoms with E-state index < -0.39 is 0 Å². The molecule has 0 N–H and O–H groups in total. The number of nitrogens with zero attached hydrogens (tertiary/aromatic N) is 1. The van der Waals surface area contributed by atoms with Crippen LogP contribution in [0.15, 0.2) is 18.2 Å². The summed E-state index contributed by atoms with van der Waals surface area (Å²) in [5.74, 6) is 0. The van der Waals surface area contributed by atoms with Crippen LogP contribution in [0, 0.1) is 10.1 Å². The second-order valence-electron chi connectivity index (χ2n) is 2.78. The summed E-state index contributed by atoms with van der Waals surface area (Å²) in [7, 11) is 0. The standard InChI is InChI=1S/C9H10ClNO2/c1-2-3-7-6-8(10)4-5-9(7)11(12)13/h4-6H,2-3H2,1H3. The van der Waals surface area contributed by atoms with E-state index in [0.29, 0.717) is 17.0 Å². The number of rotatable bonds is 3. The van der Waals surface area contributed by atoms with Crippen molar-refractivity contribution in [1.29, 1.82) is 0 Å². The molecular formula is C9H10ClNO2. The molecule has 0 unspecified atom stereocenters. The molecule has 1 aromatic carbocycles. The molecule has 0 bridgehead atoms. The Bertz CT molecular complexity index is 325. The number of hydrogen-bond donors (Lipinski definition) is 0. The van der Waals surface area contributed by atoms with Crippen LogP contribution in [0.5, 0.6) is 0 Å². The van der Waals surface area contributed by atoms with Gasteiger partial charge in [-0.05, 0) is 18.6 Å². The Labute approximate surface area is 81.5 Å². The van der Waals surface area contributed by atoms with Crippen molar-refractivity contribution in [3.05, 3.63) is 38.9 Å². The molecule has 0 aromatic heterocycles. The maximum absolute atomic E-state index is 10.6. The molecule has 0 spiro atoms. The third kappa shape index (κ3) is 2.42. The lowest BCUT2D eigenvalue weighted by Crippen LogP contribution is -1.94. The van der Waals surface area contributed by atoms with Crippen molar-refractivity contribution in [1.82, 2.24) is 0 Å². The lowest BCUT2D eigenvalue weighted by Gasteiger charge is -2.00. The van der Waals surface area contributed by atoms with Gasteiger partial charge in [0, 0.05) is 16.7 Å². The molecule has 0 amide bonds. The van der Waals surface area contributed by atoms with Gasteiger partial charge in [-0.2, -0.15) is 0 Å². The SMILES string of the molecule is CCCc1cc(Cl)ccc1[N+](=O)[O-]. The first-order valence-electron chi connectivity index (χ1n) is 4.08. The normalized spacial score (nSPS) is 10.0. The van der Waals surface area contributed by atoms with E-state index >= 15 is 0 Å². The van der Waals surface area contributed by atoms with Gasteiger partial charge >= 0.3 is 0 Å². The molecule has 0 aliphatic heterocycles. The van der Waals surface area contributed by atoms with Crippen molar-refractivity contribution in [2.45, 2.75) is 19.8 Å². The number of aryl methyl sites for hydroxylation is 1. The van der Waals surface area contributed by atoms with Crippen molar-refractivity contribution >= 4 is 17.3 Å². The molecule has 0 aliphatic rings. The average Bonchev–Trinajstić information content (AvgIpc) is 2.04. The van der Waals surface area contributed by atoms with E-state index in [1.54, 1.807) is 12.1 Å². The highest BCUT2D eigenvalue weighted by Crippen LogP contribution is 2.23. The molecule has 0 aliphatic carbocycles. The molecule has 1 aromatic rings. The van der Waals surface area contributed by atoms with E-state index in [1.807, 2.05) is 6.92 Å². The fraction of sp³-hybridized carbons (Fsp3) is 0.333. The summed E-state index contributed by atoms with van der Waals surface area (Å²) >= 11 is 5.73. The molecule has 0 saturated heterocycles. The maximum atomic E-state index is 10.6. The number of nitro benzene ring substituents is 1. The summed E-state index contributed by atoms with van der Waals surface area (Å²) in [5, 5.41) is 11.1. The predicted molar refractivity (Wildman–Crippen MR) is 52.1 cm³/mol. The van der Waals surface area contributed by atoms with Crippen molar-refractivity contribution < 1.29 is 4.92 Å². The maximum Gasteiger partial charge on any atom is 0.272 e. The number of halogens is 1. The average molecular weight is 200 g/mol. The van der Waals surface area contributed by atoms with Crippen LogP contribution < -0.4 is 0 Å². The van der Waals surface area contributed by atoms with Crippen molar-refractivity contribution in [2.24, 2.45) is 0 Å². The molecule has 4 heteroatoms. The second-order valence-corrected chi connectivity index (χ2v) is 3.22. The Kier molecular flexibility index (Phi) is 3.25. The van der Waals surface area contributed by atoms with E-state index in [9.17, 15) is 10.1 Å². The van der Waals surface area contributed by atoms with Crippen LogP contribution in [0.3, 0.4) is 0 Å². The quantitative estimate of drug-likeness (QED) is 0.554. The van der Waals surface area contributed by atoms with E-state index in [0.717, 1.165) is 6.42 Å². The highest BCUT2D eigenvalue weighted by atomic mass is 35.5. The topological polar surface area (TPSA) is 43.1 Å². The van der Waals surface area contributed by atoms with Gasteiger partial charge in [0.2, 0.25) is 0 Å². The molecule has 0 radical (unpaired) electrons. The summed E-state index contributed by atoms with van der Waals surface area (Å²) in [6.07, 6.45) is 1.57. The summed E-state index contributed by atoms with van der Waals surface area (Å²) in [6.45, 7) is 1.98. The summed E-state index contributed by atoms with van der Waals surface area (Å²) in [5.41, 5.74) is 0.867. The van der Waals surface area contributed by atoms with Crippen LogP contribution in [0.4, 0.5) is 5.69 Å². The van der Waals surface area contributed by atoms with Gasteiger partial charge in [0.1, 0.15) is 0 Å². The van der Waals surface area contributed by atoms with Gasteiger partial charge in [-0.3, -0.25) is 10.1 Å². The van der Waals surface area contributed by atoms with Gasteiger partial charge in [-0.25, -0.2) is 0 Å². The van der Waals surface area contributed by atoms with Gasteiger partial charge < -0.3 is 0 Å². The molecule has 0 fully saturated rings. The zero-order valence-corrected chi connectivity index (χ0v) is 8.04. The van der Waals surface area contributed by atoms with Crippen molar-refractivity contribution in [3.8, 4) is 0 Å². The van der Waals surface area contributed by atoms with Crippen LogP contribution in [0.1, 0.15) is 18.9 Å². The number of nitro groups is 1. The minimum Gasteiger partial charge on any atom is -0.258 e. The second kappa shape index (κ2) is 4.23. The van der Waals surface area contributed by atoms with Gasteiger partial charge in [0.15, 0.2) is 0 Å². The lowest BCUT2D eigenvalue weighted by molar-refractivity contribution is -0.385. The molecule has 3 nitrogen and oxygen atoms in total. The third-order valence-corrected chi connectivity index (χ3v) is 1.99. The van der Waals surface area contributed by atoms with E-state index in [4.69, 9.17) is 11.6 Å². The van der Waals surface area contributed by atoms with E-state index in [-0.39, 0.29) is 10.6 Å². The van der Waals surface area contributed by atoms with Crippen LogP contribution in [-0.2, 0) is 6.42 Å². The zero-order valence-electron chi connectivity index (χ0n) is 7.29.